The largest absolute Gasteiger partial charge is 0.382 e. The Balaban J connectivity index is 1.29. The topological polar surface area (TPSA) is 125 Å². The van der Waals surface area contributed by atoms with Crippen molar-refractivity contribution in [3.05, 3.63) is 112 Å². The van der Waals surface area contributed by atoms with Crippen molar-refractivity contribution in [2.75, 3.05) is 30.1 Å². The first-order valence-electron chi connectivity index (χ1n) is 17.0. The van der Waals surface area contributed by atoms with Crippen molar-refractivity contribution in [3.8, 4) is 11.1 Å². The van der Waals surface area contributed by atoms with E-state index < -0.39 is 5.82 Å². The number of aryl methyl sites for hydroxylation is 1. The van der Waals surface area contributed by atoms with Gasteiger partial charge in [-0.15, -0.1) is 0 Å². The summed E-state index contributed by atoms with van der Waals surface area (Å²) < 4.78 is 20.2. The zero-order valence-electron chi connectivity index (χ0n) is 28.7. The highest BCUT2D eigenvalue weighted by molar-refractivity contribution is 5.99. The average molecular weight is 679 g/mol. The number of anilines is 2. The molecular formula is C39H43FN6O4. The van der Waals surface area contributed by atoms with Crippen LogP contribution in [0.5, 0.6) is 0 Å². The van der Waals surface area contributed by atoms with Crippen LogP contribution in [-0.4, -0.2) is 55.1 Å². The highest BCUT2D eigenvalue weighted by atomic mass is 19.1. The number of hydrazone groups is 1. The van der Waals surface area contributed by atoms with Gasteiger partial charge in [0.1, 0.15) is 12.1 Å². The molecule has 0 unspecified atom stereocenters. The fraction of sp³-hybridized carbons (Fsp3) is 0.308. The molecule has 0 atom stereocenters. The van der Waals surface area contributed by atoms with Crippen LogP contribution in [0.2, 0.25) is 0 Å². The van der Waals surface area contributed by atoms with Gasteiger partial charge < -0.3 is 20.7 Å². The molecule has 5 rings (SSSR count). The number of pyridine rings is 1. The van der Waals surface area contributed by atoms with Gasteiger partial charge in [0.25, 0.3) is 11.8 Å². The van der Waals surface area contributed by atoms with Crippen molar-refractivity contribution in [3.63, 3.8) is 0 Å². The minimum absolute atomic E-state index is 0.140. The second-order valence-corrected chi connectivity index (χ2v) is 11.9. The van der Waals surface area contributed by atoms with Crippen molar-refractivity contribution in [2.24, 2.45) is 5.10 Å². The number of halogens is 1. The van der Waals surface area contributed by atoms with Crippen molar-refractivity contribution in [1.82, 2.24) is 15.6 Å². The molecule has 0 saturated carbocycles. The summed E-state index contributed by atoms with van der Waals surface area (Å²) in [6.45, 7) is 8.33. The maximum Gasteiger partial charge on any atom is 0.251 e. The summed E-state index contributed by atoms with van der Waals surface area (Å²) in [5.74, 6) is -0.400. The van der Waals surface area contributed by atoms with E-state index in [2.05, 4.69) is 21.1 Å². The Labute approximate surface area is 292 Å². The van der Waals surface area contributed by atoms with Gasteiger partial charge in [0, 0.05) is 90.4 Å². The molecule has 50 heavy (non-hydrogen) atoms. The minimum atomic E-state index is -0.431. The lowest BCUT2D eigenvalue weighted by Gasteiger charge is -2.27. The first-order chi connectivity index (χ1) is 24.3. The standard InChI is InChI=1S/C39H43FN6O4/c1-4-35-33(36(44-31-15-17-50-18-16-31)22-37(45-35)46(6-3)43-5-2)24-42-39(49)30-12-8-11-29(21-30)38(48)41-23-26-13-14-34(40)32(20-26)28-10-7-9-27(19-28)25-47/h5,7-14,19-22,25,31H,4,6,15-18,23-24H2,1-3H3,(H,41,48)(H,42,49)(H,44,45)/b43-5-. The third-order valence-corrected chi connectivity index (χ3v) is 8.56. The van der Waals surface area contributed by atoms with Gasteiger partial charge in [-0.2, -0.15) is 5.10 Å². The third kappa shape index (κ3) is 8.97. The fourth-order valence-electron chi connectivity index (χ4n) is 5.90. The molecule has 0 aliphatic carbocycles. The number of rotatable bonds is 14. The van der Waals surface area contributed by atoms with Crippen LogP contribution < -0.4 is 21.0 Å². The van der Waals surface area contributed by atoms with Crippen LogP contribution in [0.15, 0.2) is 77.9 Å². The van der Waals surface area contributed by atoms with Crippen molar-refractivity contribution in [1.29, 1.82) is 0 Å². The van der Waals surface area contributed by atoms with Crippen LogP contribution in [0, 0.1) is 5.82 Å². The predicted octanol–water partition coefficient (Wildman–Crippen LogP) is 6.55. The normalized spacial score (nSPS) is 13.2. The number of hydrogen-bond donors (Lipinski definition) is 3. The van der Waals surface area contributed by atoms with Crippen molar-refractivity contribution in [2.45, 2.75) is 59.2 Å². The van der Waals surface area contributed by atoms with Gasteiger partial charge in [-0.05, 0) is 80.6 Å². The Kier molecular flexibility index (Phi) is 12.4. The van der Waals surface area contributed by atoms with Crippen molar-refractivity contribution >= 4 is 35.8 Å². The van der Waals surface area contributed by atoms with Gasteiger partial charge in [0.05, 0.1) is 0 Å². The molecule has 1 aromatic heterocycles. The molecule has 0 spiro atoms. The van der Waals surface area contributed by atoms with E-state index in [4.69, 9.17) is 9.72 Å². The first-order valence-corrected chi connectivity index (χ1v) is 17.0. The van der Waals surface area contributed by atoms with Crippen LogP contribution in [0.4, 0.5) is 15.9 Å². The number of amides is 2. The summed E-state index contributed by atoms with van der Waals surface area (Å²) in [5, 5.41) is 15.9. The molecule has 1 fully saturated rings. The average Bonchev–Trinajstić information content (AvgIpc) is 3.16. The first kappa shape index (κ1) is 35.9. The van der Waals surface area contributed by atoms with E-state index in [1.54, 1.807) is 66.9 Å². The van der Waals surface area contributed by atoms with Crippen LogP contribution in [-0.2, 0) is 24.2 Å². The van der Waals surface area contributed by atoms with Gasteiger partial charge in [-0.3, -0.25) is 14.4 Å². The molecule has 1 aliphatic rings. The Morgan fingerprint density at radius 1 is 0.960 bits per heavy atom. The van der Waals surface area contributed by atoms with Gasteiger partial charge in [-0.25, -0.2) is 14.4 Å². The summed E-state index contributed by atoms with van der Waals surface area (Å²) in [4.78, 5) is 42.7. The lowest BCUT2D eigenvalue weighted by atomic mass is 10.0. The Bertz CT molecular complexity index is 1860. The van der Waals surface area contributed by atoms with E-state index in [1.165, 1.54) is 6.07 Å². The highest BCUT2D eigenvalue weighted by Crippen LogP contribution is 2.28. The van der Waals surface area contributed by atoms with E-state index in [0.717, 1.165) is 35.6 Å². The lowest BCUT2D eigenvalue weighted by Crippen LogP contribution is -2.30. The number of ether oxygens (including phenoxy) is 1. The maximum absolute atomic E-state index is 14.7. The molecule has 0 bridgehead atoms. The molecule has 2 heterocycles. The molecule has 1 aliphatic heterocycles. The van der Waals surface area contributed by atoms with Gasteiger partial charge >= 0.3 is 0 Å². The van der Waals surface area contributed by atoms with E-state index >= 15 is 0 Å². The van der Waals surface area contributed by atoms with E-state index in [0.29, 0.717) is 65.8 Å². The van der Waals surface area contributed by atoms with E-state index in [9.17, 15) is 18.8 Å². The Morgan fingerprint density at radius 3 is 2.36 bits per heavy atom. The van der Waals surface area contributed by atoms with Crippen LogP contribution >= 0.6 is 0 Å². The monoisotopic (exact) mass is 678 g/mol. The second kappa shape index (κ2) is 17.3. The van der Waals surface area contributed by atoms with Gasteiger partial charge in [0.15, 0.2) is 5.82 Å². The number of carbonyl (C=O) groups excluding carboxylic acids is 3. The number of aromatic nitrogens is 1. The molecule has 4 aromatic rings. The van der Waals surface area contributed by atoms with E-state index in [1.807, 2.05) is 31.8 Å². The minimum Gasteiger partial charge on any atom is -0.382 e. The third-order valence-electron chi connectivity index (χ3n) is 8.56. The van der Waals surface area contributed by atoms with Gasteiger partial charge in [-0.1, -0.05) is 37.3 Å². The summed E-state index contributed by atoms with van der Waals surface area (Å²) in [6.07, 6.45) is 4.86. The summed E-state index contributed by atoms with van der Waals surface area (Å²) in [5.41, 5.74) is 5.34. The summed E-state index contributed by atoms with van der Waals surface area (Å²) >= 11 is 0. The molecule has 10 nitrogen and oxygen atoms in total. The zero-order valence-corrected chi connectivity index (χ0v) is 28.7. The molecule has 0 radical (unpaired) electrons. The number of benzene rings is 3. The Hall–Kier alpha value is -5.42. The number of carbonyl (C=O) groups is 3. The number of nitrogens with one attached hydrogen (secondary N) is 3. The predicted molar refractivity (Wildman–Crippen MR) is 194 cm³/mol. The second-order valence-electron chi connectivity index (χ2n) is 11.9. The quantitative estimate of drug-likeness (QED) is 0.0786. The summed E-state index contributed by atoms with van der Waals surface area (Å²) in [7, 11) is 0. The van der Waals surface area contributed by atoms with Crippen LogP contribution in [0.3, 0.4) is 0 Å². The smallest absolute Gasteiger partial charge is 0.251 e. The highest BCUT2D eigenvalue weighted by Gasteiger charge is 2.21. The molecule has 3 N–H and O–H groups in total. The Morgan fingerprint density at radius 2 is 1.68 bits per heavy atom. The molecule has 260 valence electrons. The lowest BCUT2D eigenvalue weighted by molar-refractivity contribution is 0.0904. The molecule has 11 heteroatoms. The maximum atomic E-state index is 14.7. The van der Waals surface area contributed by atoms with E-state index in [-0.39, 0.29) is 30.9 Å². The van der Waals surface area contributed by atoms with Crippen LogP contribution in [0.1, 0.15) is 81.5 Å². The summed E-state index contributed by atoms with van der Waals surface area (Å²) in [6, 6.07) is 20.0. The number of nitrogens with zero attached hydrogens (tertiary/aromatic N) is 3. The van der Waals surface area contributed by atoms with Crippen molar-refractivity contribution < 1.29 is 23.5 Å². The fourth-order valence-corrected chi connectivity index (χ4v) is 5.90. The zero-order chi connectivity index (χ0) is 35.5. The molecule has 1 saturated heterocycles. The SMILES string of the molecule is C/C=N\N(CC)c1cc(NC2CCOCC2)c(CNC(=O)c2cccc(C(=O)NCc3ccc(F)c(-c4cccc(C=O)c4)c3)c2)c(CC)n1. The number of aldehydes is 1. The number of hydrogen-bond acceptors (Lipinski definition) is 8. The molecule has 3 aromatic carbocycles. The molecule has 2 amide bonds. The van der Waals surface area contributed by atoms with Crippen LogP contribution in [0.25, 0.3) is 11.1 Å². The molecular weight excluding hydrogens is 635 g/mol. The van der Waals surface area contributed by atoms with Gasteiger partial charge in [0.2, 0.25) is 0 Å².